The first-order chi connectivity index (χ1) is 25.6. The smallest absolute Gasteiger partial charge is 0.241 e. The van der Waals surface area contributed by atoms with Crippen LogP contribution in [0.25, 0.3) is 32.6 Å². The minimum atomic E-state index is 0.105. The van der Waals surface area contributed by atoms with Gasteiger partial charge in [0.25, 0.3) is 0 Å². The number of methoxy groups -OCH3 is 2. The number of ether oxygens (including phenoxy) is 4. The number of pyridine rings is 2. The second kappa shape index (κ2) is 14.9. The van der Waals surface area contributed by atoms with E-state index in [0.717, 1.165) is 81.8 Å². The predicted octanol–water partition coefficient (Wildman–Crippen LogP) is 8.60. The number of fused-ring (bicyclic) bond motifs is 6. The summed E-state index contributed by atoms with van der Waals surface area (Å²) in [7, 11) is 3.40. The quantitative estimate of drug-likeness (QED) is 0.118. The number of benzene rings is 3. The van der Waals surface area contributed by atoms with Crippen LogP contribution in [-0.4, -0.2) is 71.6 Å². The van der Waals surface area contributed by atoms with E-state index >= 15 is 0 Å². The third kappa shape index (κ3) is 6.47. The summed E-state index contributed by atoms with van der Waals surface area (Å²) < 4.78 is 24.4. The normalized spacial score (nSPS) is 20.9. The van der Waals surface area contributed by atoms with Crippen LogP contribution in [0.1, 0.15) is 62.5 Å². The van der Waals surface area contributed by atoms with E-state index in [2.05, 4.69) is 58.2 Å². The van der Waals surface area contributed by atoms with Crippen LogP contribution in [0.3, 0.4) is 0 Å². The Labute approximate surface area is 305 Å². The van der Waals surface area contributed by atoms with Crippen molar-refractivity contribution in [2.45, 2.75) is 57.4 Å². The Balaban J connectivity index is 1.08. The van der Waals surface area contributed by atoms with E-state index < -0.39 is 0 Å². The summed E-state index contributed by atoms with van der Waals surface area (Å²) in [4.78, 5) is 12.0. The maximum Gasteiger partial charge on any atom is 0.241 e. The zero-order valence-corrected chi connectivity index (χ0v) is 30.5. The monoisotopic (exact) mass is 697 g/mol. The molecule has 2 bridgehead atoms. The molecule has 6 aromatic rings. The van der Waals surface area contributed by atoms with Crippen molar-refractivity contribution in [2.24, 2.45) is 11.8 Å². The van der Waals surface area contributed by atoms with Crippen LogP contribution in [0.15, 0.2) is 85.2 Å². The van der Waals surface area contributed by atoms with Gasteiger partial charge in [-0.15, -0.1) is 10.2 Å². The molecule has 0 saturated carbocycles. The maximum atomic E-state index is 6.77. The standard InChI is InChI=1S/C43H47N5O4/c1-5-27-24-48-20-17-29(27)21-41(48)38(33-16-19-45-40-14-12-31(50-4)23-37(33)40)26-52-43-35-10-8-7-9-34(35)42(46-47-43)51-25-28(6-2)32-15-18-44-39-13-11-30(49-3)22-36(32)39/h7-16,18-19,22-23,27-29,38,41H,5-6,17,20-21,24-26H2,1-4H3/t27?,28-,29?,38?,41+/m0/s1. The lowest BCUT2D eigenvalue weighted by molar-refractivity contribution is -0.0174. The summed E-state index contributed by atoms with van der Waals surface area (Å²) in [5, 5.41) is 13.2. The summed E-state index contributed by atoms with van der Waals surface area (Å²) in [6.45, 7) is 7.70. The van der Waals surface area contributed by atoms with Crippen molar-refractivity contribution < 1.29 is 18.9 Å². The molecule has 0 radical (unpaired) electrons. The molecule has 0 amide bonds. The molecular formula is C43H47N5O4. The summed E-state index contributed by atoms with van der Waals surface area (Å²) >= 11 is 0. The summed E-state index contributed by atoms with van der Waals surface area (Å²) in [6.07, 6.45) is 8.35. The number of nitrogens with zero attached hydrogens (tertiary/aromatic N) is 5. The van der Waals surface area contributed by atoms with Gasteiger partial charge in [-0.25, -0.2) is 0 Å². The van der Waals surface area contributed by atoms with Crippen molar-refractivity contribution >= 4 is 32.6 Å². The van der Waals surface area contributed by atoms with Crippen molar-refractivity contribution in [1.29, 1.82) is 0 Å². The first-order valence-corrected chi connectivity index (χ1v) is 18.7. The van der Waals surface area contributed by atoms with Crippen LogP contribution < -0.4 is 18.9 Å². The van der Waals surface area contributed by atoms with Gasteiger partial charge in [0, 0.05) is 47.6 Å². The van der Waals surface area contributed by atoms with E-state index in [1.807, 2.05) is 60.9 Å². The first kappa shape index (κ1) is 34.1. The van der Waals surface area contributed by atoms with Crippen molar-refractivity contribution in [3.63, 3.8) is 0 Å². The molecule has 52 heavy (non-hydrogen) atoms. The third-order valence-electron chi connectivity index (χ3n) is 11.7. The second-order valence-corrected chi connectivity index (χ2v) is 14.3. The molecule has 0 N–H and O–H groups in total. The van der Waals surface area contributed by atoms with Gasteiger partial charge in [-0.05, 0) is 109 Å². The minimum Gasteiger partial charge on any atom is -0.497 e. The highest BCUT2D eigenvalue weighted by molar-refractivity contribution is 5.90. The number of aromatic nitrogens is 4. The van der Waals surface area contributed by atoms with E-state index in [0.29, 0.717) is 31.0 Å². The van der Waals surface area contributed by atoms with Crippen LogP contribution in [0.5, 0.6) is 23.3 Å². The van der Waals surface area contributed by atoms with Gasteiger partial charge in [-0.3, -0.25) is 14.9 Å². The summed E-state index contributed by atoms with van der Waals surface area (Å²) in [5.41, 5.74) is 4.30. The molecule has 3 aliphatic rings. The third-order valence-corrected chi connectivity index (χ3v) is 11.7. The number of hydrogen-bond acceptors (Lipinski definition) is 9. The van der Waals surface area contributed by atoms with Crippen LogP contribution >= 0.6 is 0 Å². The Bertz CT molecular complexity index is 2190. The van der Waals surface area contributed by atoms with E-state index in [1.165, 1.54) is 24.0 Å². The fourth-order valence-electron chi connectivity index (χ4n) is 8.74. The van der Waals surface area contributed by atoms with Gasteiger partial charge in [-0.1, -0.05) is 32.4 Å². The van der Waals surface area contributed by atoms with Crippen LogP contribution in [0, 0.1) is 11.8 Å². The van der Waals surface area contributed by atoms with Crippen molar-refractivity contribution in [3.8, 4) is 23.3 Å². The lowest BCUT2D eigenvalue weighted by Crippen LogP contribution is -2.55. The lowest BCUT2D eigenvalue weighted by Gasteiger charge is -2.52. The highest BCUT2D eigenvalue weighted by Crippen LogP contribution is 2.44. The van der Waals surface area contributed by atoms with Gasteiger partial charge in [0.1, 0.15) is 11.5 Å². The molecule has 0 aliphatic carbocycles. The Hall–Kier alpha value is -5.02. The van der Waals surface area contributed by atoms with Crippen LogP contribution in [0.4, 0.5) is 0 Å². The highest BCUT2D eigenvalue weighted by atomic mass is 16.5. The predicted molar refractivity (Wildman–Crippen MR) is 205 cm³/mol. The fourth-order valence-corrected chi connectivity index (χ4v) is 8.74. The van der Waals surface area contributed by atoms with E-state index in [-0.39, 0.29) is 11.8 Å². The number of rotatable bonds is 13. The number of piperidine rings is 3. The van der Waals surface area contributed by atoms with E-state index in [4.69, 9.17) is 23.9 Å². The molecule has 6 atom stereocenters. The fraction of sp³-hybridized carbons (Fsp3) is 0.395. The van der Waals surface area contributed by atoms with Gasteiger partial charge in [0.15, 0.2) is 0 Å². The van der Waals surface area contributed by atoms with Crippen molar-refractivity contribution in [3.05, 3.63) is 96.3 Å². The van der Waals surface area contributed by atoms with Gasteiger partial charge in [0.05, 0.1) is 49.2 Å². The second-order valence-electron chi connectivity index (χ2n) is 14.3. The Morgan fingerprint density at radius 2 is 1.35 bits per heavy atom. The molecule has 9 heteroatoms. The molecular weight excluding hydrogens is 651 g/mol. The van der Waals surface area contributed by atoms with E-state index in [9.17, 15) is 0 Å². The molecule has 3 aromatic heterocycles. The summed E-state index contributed by atoms with van der Waals surface area (Å²) in [5.74, 6) is 4.38. The molecule has 268 valence electrons. The number of hydrogen-bond donors (Lipinski definition) is 0. The molecule has 4 unspecified atom stereocenters. The molecule has 9 nitrogen and oxygen atoms in total. The molecule has 3 aromatic carbocycles. The molecule has 0 spiro atoms. The van der Waals surface area contributed by atoms with E-state index in [1.54, 1.807) is 14.2 Å². The van der Waals surface area contributed by atoms with Crippen molar-refractivity contribution in [2.75, 3.05) is 40.5 Å². The maximum absolute atomic E-state index is 6.77. The highest BCUT2D eigenvalue weighted by Gasteiger charge is 2.43. The molecule has 3 aliphatic heterocycles. The summed E-state index contributed by atoms with van der Waals surface area (Å²) in [6, 6.07) is 24.9. The average Bonchev–Trinajstić information content (AvgIpc) is 3.21. The van der Waals surface area contributed by atoms with Crippen molar-refractivity contribution in [1.82, 2.24) is 25.1 Å². The SMILES string of the molecule is CCC1CN2CCC1C[C@@H]2C(COc1nnc(OC[C@H](CC)c2ccnc3ccc(OC)cc23)c2ccccc12)c1ccnc2ccc(OC)cc12. The largest absolute Gasteiger partial charge is 0.497 e. The lowest BCUT2D eigenvalue weighted by atomic mass is 9.70. The zero-order valence-electron chi connectivity index (χ0n) is 30.5. The minimum absolute atomic E-state index is 0.105. The Morgan fingerprint density at radius 1 is 0.731 bits per heavy atom. The molecule has 6 heterocycles. The zero-order chi connectivity index (χ0) is 35.6. The van der Waals surface area contributed by atoms with Gasteiger partial charge in [0.2, 0.25) is 11.8 Å². The molecule has 3 fully saturated rings. The molecule has 3 saturated heterocycles. The van der Waals surface area contributed by atoms with Gasteiger partial charge < -0.3 is 18.9 Å². The van der Waals surface area contributed by atoms with Gasteiger partial charge in [-0.2, -0.15) is 0 Å². The molecule has 9 rings (SSSR count). The van der Waals surface area contributed by atoms with Crippen LogP contribution in [-0.2, 0) is 0 Å². The van der Waals surface area contributed by atoms with Gasteiger partial charge >= 0.3 is 0 Å². The van der Waals surface area contributed by atoms with Crippen LogP contribution in [0.2, 0.25) is 0 Å². The average molecular weight is 698 g/mol. The Kier molecular flexibility index (Phi) is 9.78. The first-order valence-electron chi connectivity index (χ1n) is 18.7. The topological polar surface area (TPSA) is 91.7 Å². The Morgan fingerprint density at radius 3 is 1.92 bits per heavy atom.